The van der Waals surface area contributed by atoms with Crippen LogP contribution in [-0.2, 0) is 9.53 Å². The number of hydrogen-bond donors (Lipinski definition) is 1. The Labute approximate surface area is 196 Å². The average molecular weight is 456 g/mol. The van der Waals surface area contributed by atoms with E-state index in [-0.39, 0.29) is 17.9 Å². The fourth-order valence-electron chi connectivity index (χ4n) is 4.63. The van der Waals surface area contributed by atoms with Crippen molar-refractivity contribution < 1.29 is 14.3 Å². The Morgan fingerprint density at radius 1 is 1.00 bits per heavy atom. The molecule has 2 aromatic rings. The van der Waals surface area contributed by atoms with Crippen LogP contribution >= 0.6 is 0 Å². The molecule has 3 heterocycles. The van der Waals surface area contributed by atoms with Gasteiger partial charge >= 0.3 is 6.09 Å². The Bertz CT molecular complexity index is 958. The van der Waals surface area contributed by atoms with Gasteiger partial charge in [0.1, 0.15) is 5.60 Å². The number of fused-ring (bicyclic) bond motifs is 1. The molecule has 4 rings (SSSR count). The molecule has 8 heteroatoms. The highest BCUT2D eigenvalue weighted by atomic mass is 16.6. The summed E-state index contributed by atoms with van der Waals surface area (Å²) in [4.78, 5) is 31.8. The van der Waals surface area contributed by atoms with E-state index in [0.717, 1.165) is 63.0 Å². The lowest BCUT2D eigenvalue weighted by atomic mass is 9.97. The quantitative estimate of drug-likeness (QED) is 0.751. The zero-order valence-electron chi connectivity index (χ0n) is 20.1. The molecule has 1 aromatic carbocycles. The molecular weight excluding hydrogens is 418 g/mol. The van der Waals surface area contributed by atoms with Crippen LogP contribution in [0.5, 0.6) is 0 Å². The van der Waals surface area contributed by atoms with E-state index in [9.17, 15) is 9.59 Å². The van der Waals surface area contributed by atoms with Crippen molar-refractivity contribution in [1.29, 1.82) is 0 Å². The molecule has 2 aliphatic rings. The number of ether oxygens (including phenoxy) is 1. The molecule has 2 fully saturated rings. The Morgan fingerprint density at radius 3 is 2.48 bits per heavy atom. The van der Waals surface area contributed by atoms with E-state index in [4.69, 9.17) is 4.74 Å². The summed E-state index contributed by atoms with van der Waals surface area (Å²) in [5, 5.41) is 1.12. The molecular formula is C25H37N5O3. The zero-order chi connectivity index (χ0) is 23.4. The van der Waals surface area contributed by atoms with Crippen LogP contribution in [0.25, 0.3) is 10.9 Å². The second kappa shape index (κ2) is 10.1. The summed E-state index contributed by atoms with van der Waals surface area (Å²) < 4.78 is 7.32. The maximum atomic E-state index is 12.9. The second-order valence-corrected chi connectivity index (χ2v) is 10.2. The Morgan fingerprint density at radius 2 is 1.73 bits per heavy atom. The molecule has 2 aliphatic heterocycles. The number of aromatic nitrogens is 1. The third kappa shape index (κ3) is 6.26. The molecule has 1 atom stereocenters. The van der Waals surface area contributed by atoms with E-state index < -0.39 is 5.60 Å². The summed E-state index contributed by atoms with van der Waals surface area (Å²) in [5.41, 5.74) is 3.64. The number of amides is 2. The van der Waals surface area contributed by atoms with E-state index in [1.807, 2.05) is 62.0 Å². The fourth-order valence-corrected chi connectivity index (χ4v) is 4.63. The SMILES string of the molecule is CC(C)(C)OC(=O)N1CCN(CCN2CCCC(C(=O)Nn3ccc4ccccc43)C2)CC1. The Hall–Kier alpha value is -2.58. The summed E-state index contributed by atoms with van der Waals surface area (Å²) in [6, 6.07) is 10.1. The number of para-hydroxylation sites is 1. The van der Waals surface area contributed by atoms with Crippen molar-refractivity contribution in [2.24, 2.45) is 5.92 Å². The maximum Gasteiger partial charge on any atom is 0.410 e. The number of hydrogen-bond acceptors (Lipinski definition) is 5. The van der Waals surface area contributed by atoms with Crippen molar-refractivity contribution in [1.82, 2.24) is 19.4 Å². The van der Waals surface area contributed by atoms with E-state index in [2.05, 4.69) is 15.2 Å². The Kier molecular flexibility index (Phi) is 7.24. The highest BCUT2D eigenvalue weighted by Gasteiger charge is 2.28. The highest BCUT2D eigenvalue weighted by Crippen LogP contribution is 2.19. The number of carbonyl (C=O) groups is 2. The van der Waals surface area contributed by atoms with Crippen molar-refractivity contribution in [3.63, 3.8) is 0 Å². The first kappa shape index (κ1) is 23.6. The first-order valence-corrected chi connectivity index (χ1v) is 12.1. The molecule has 1 aromatic heterocycles. The average Bonchev–Trinajstić information content (AvgIpc) is 3.20. The largest absolute Gasteiger partial charge is 0.444 e. The lowest BCUT2D eigenvalue weighted by molar-refractivity contribution is -0.122. The summed E-state index contributed by atoms with van der Waals surface area (Å²) in [6.45, 7) is 12.5. The normalized spacial score (nSPS) is 20.7. The van der Waals surface area contributed by atoms with E-state index in [1.54, 1.807) is 4.90 Å². The van der Waals surface area contributed by atoms with Gasteiger partial charge in [-0.2, -0.15) is 0 Å². The predicted molar refractivity (Wildman–Crippen MR) is 130 cm³/mol. The second-order valence-electron chi connectivity index (χ2n) is 10.2. The molecule has 2 amide bonds. The van der Waals surface area contributed by atoms with Crippen LogP contribution in [-0.4, -0.2) is 89.3 Å². The monoisotopic (exact) mass is 455 g/mol. The molecule has 0 bridgehead atoms. The molecule has 0 spiro atoms. The van der Waals surface area contributed by atoms with Gasteiger partial charge in [0.2, 0.25) is 5.91 Å². The van der Waals surface area contributed by atoms with Crippen LogP contribution < -0.4 is 5.43 Å². The minimum atomic E-state index is -0.459. The van der Waals surface area contributed by atoms with Gasteiger partial charge in [0.05, 0.1) is 11.4 Å². The van der Waals surface area contributed by atoms with Gasteiger partial charge < -0.3 is 14.5 Å². The van der Waals surface area contributed by atoms with Gasteiger partial charge in [-0.1, -0.05) is 18.2 Å². The number of piperidine rings is 1. The van der Waals surface area contributed by atoms with Crippen LogP contribution in [0.2, 0.25) is 0 Å². The van der Waals surface area contributed by atoms with Crippen molar-refractivity contribution in [3.8, 4) is 0 Å². The zero-order valence-corrected chi connectivity index (χ0v) is 20.1. The third-order valence-electron chi connectivity index (χ3n) is 6.46. The number of benzene rings is 1. The first-order valence-electron chi connectivity index (χ1n) is 12.1. The summed E-state index contributed by atoms with van der Waals surface area (Å²) >= 11 is 0. The standard InChI is InChI=1S/C25H37N5O3/c1-25(2,3)33-24(32)29-17-15-27(16-18-29)13-14-28-11-6-8-21(19-28)23(31)26-30-12-10-20-7-4-5-9-22(20)30/h4-5,7,9-10,12,21H,6,8,11,13-19H2,1-3H3,(H,26,31). The van der Waals surface area contributed by atoms with Crippen LogP contribution in [0, 0.1) is 5.92 Å². The van der Waals surface area contributed by atoms with Crippen LogP contribution in [0.3, 0.4) is 0 Å². The predicted octanol–water partition coefficient (Wildman–Crippen LogP) is 2.98. The van der Waals surface area contributed by atoms with Gasteiger partial charge in [0, 0.05) is 57.4 Å². The summed E-state index contributed by atoms with van der Waals surface area (Å²) in [7, 11) is 0. The third-order valence-corrected chi connectivity index (χ3v) is 6.46. The van der Waals surface area contributed by atoms with E-state index >= 15 is 0 Å². The van der Waals surface area contributed by atoms with Crippen molar-refractivity contribution >= 4 is 22.9 Å². The van der Waals surface area contributed by atoms with Gasteiger partial charge in [-0.05, 0) is 52.3 Å². The molecule has 1 unspecified atom stereocenters. The Balaban J connectivity index is 1.21. The van der Waals surface area contributed by atoms with Crippen LogP contribution in [0.4, 0.5) is 4.79 Å². The molecule has 0 saturated carbocycles. The molecule has 0 aliphatic carbocycles. The van der Waals surface area contributed by atoms with E-state index in [0.29, 0.717) is 13.1 Å². The molecule has 2 saturated heterocycles. The first-order chi connectivity index (χ1) is 15.8. The lowest BCUT2D eigenvalue weighted by Gasteiger charge is -2.37. The van der Waals surface area contributed by atoms with Crippen molar-refractivity contribution in [3.05, 3.63) is 36.5 Å². The molecule has 8 nitrogen and oxygen atoms in total. The van der Waals surface area contributed by atoms with Gasteiger partial charge in [-0.3, -0.25) is 19.8 Å². The van der Waals surface area contributed by atoms with Crippen molar-refractivity contribution in [2.75, 3.05) is 57.8 Å². The smallest absolute Gasteiger partial charge is 0.410 e. The summed E-state index contributed by atoms with van der Waals surface area (Å²) in [6.07, 6.45) is 3.66. The number of nitrogens with zero attached hydrogens (tertiary/aromatic N) is 4. The minimum absolute atomic E-state index is 0.00364. The van der Waals surface area contributed by atoms with Gasteiger partial charge in [0.25, 0.3) is 0 Å². The van der Waals surface area contributed by atoms with E-state index in [1.165, 1.54) is 0 Å². The molecule has 0 radical (unpaired) electrons. The van der Waals surface area contributed by atoms with Crippen LogP contribution in [0.15, 0.2) is 36.5 Å². The fraction of sp³-hybridized carbons (Fsp3) is 0.600. The number of nitrogens with one attached hydrogen (secondary N) is 1. The highest BCUT2D eigenvalue weighted by molar-refractivity contribution is 5.89. The number of carbonyl (C=O) groups excluding carboxylic acids is 2. The van der Waals surface area contributed by atoms with Crippen molar-refractivity contribution in [2.45, 2.75) is 39.2 Å². The summed E-state index contributed by atoms with van der Waals surface area (Å²) in [5.74, 6) is 0.0935. The maximum absolute atomic E-state index is 12.9. The van der Waals surface area contributed by atoms with Gasteiger partial charge in [-0.15, -0.1) is 0 Å². The number of likely N-dealkylation sites (tertiary alicyclic amines) is 1. The van der Waals surface area contributed by atoms with Gasteiger partial charge in [-0.25, -0.2) is 4.79 Å². The van der Waals surface area contributed by atoms with Gasteiger partial charge in [0.15, 0.2) is 0 Å². The number of piperazine rings is 1. The minimum Gasteiger partial charge on any atom is -0.444 e. The number of rotatable bonds is 5. The molecule has 180 valence electrons. The lowest BCUT2D eigenvalue weighted by Crippen LogP contribution is -2.52. The van der Waals surface area contributed by atoms with Crippen LogP contribution in [0.1, 0.15) is 33.6 Å². The molecule has 33 heavy (non-hydrogen) atoms. The topological polar surface area (TPSA) is 70.1 Å². The molecule has 1 N–H and O–H groups in total.